The van der Waals surface area contributed by atoms with Gasteiger partial charge in [0.2, 0.25) is 0 Å². The predicted molar refractivity (Wildman–Crippen MR) is 108 cm³/mol. The van der Waals surface area contributed by atoms with Gasteiger partial charge >= 0.3 is 0 Å². The molecule has 3 aromatic rings. The third-order valence-corrected chi connectivity index (χ3v) is 5.18. The van der Waals surface area contributed by atoms with Crippen LogP contribution in [-0.4, -0.2) is 28.8 Å². The third kappa shape index (κ3) is 4.01. The van der Waals surface area contributed by atoms with Crippen LogP contribution in [0.4, 0.5) is 0 Å². The molecule has 4 heteroatoms. The quantitative estimate of drug-likeness (QED) is 0.692. The standard InChI is InChI=1S/C23H25N3O/c1-17-9-11-22(25-24-17)21-14-18(10-12-23(21)27-2)15-26-13-5-8-19-6-3-4-7-20(19)16-26/h3-4,6-7,9-12,14H,5,8,13,15-16H2,1-2H3. The average Bonchev–Trinajstić information content (AvgIpc) is 2.90. The van der Waals surface area contributed by atoms with Gasteiger partial charge in [0.15, 0.2) is 0 Å². The highest BCUT2D eigenvalue weighted by molar-refractivity contribution is 5.67. The van der Waals surface area contributed by atoms with Crippen molar-refractivity contribution in [2.24, 2.45) is 0 Å². The molecular formula is C23H25N3O. The SMILES string of the molecule is COc1ccc(CN2CCCc3ccccc3C2)cc1-c1ccc(C)nn1. The van der Waals surface area contributed by atoms with Gasteiger partial charge in [0.05, 0.1) is 18.5 Å². The summed E-state index contributed by atoms with van der Waals surface area (Å²) in [7, 11) is 1.70. The summed E-state index contributed by atoms with van der Waals surface area (Å²) in [6.07, 6.45) is 2.36. The number of hydrogen-bond acceptors (Lipinski definition) is 4. The molecule has 4 nitrogen and oxygen atoms in total. The molecule has 0 bridgehead atoms. The lowest BCUT2D eigenvalue weighted by atomic mass is 10.0. The molecule has 1 aliphatic rings. The van der Waals surface area contributed by atoms with E-state index >= 15 is 0 Å². The first-order valence-corrected chi connectivity index (χ1v) is 9.49. The van der Waals surface area contributed by atoms with E-state index in [-0.39, 0.29) is 0 Å². The first-order chi connectivity index (χ1) is 13.2. The second-order valence-corrected chi connectivity index (χ2v) is 7.18. The van der Waals surface area contributed by atoms with E-state index in [2.05, 4.69) is 51.5 Å². The van der Waals surface area contributed by atoms with E-state index < -0.39 is 0 Å². The van der Waals surface area contributed by atoms with E-state index in [0.717, 1.165) is 42.3 Å². The number of nitrogens with zero attached hydrogens (tertiary/aromatic N) is 3. The van der Waals surface area contributed by atoms with Gasteiger partial charge in [0.25, 0.3) is 0 Å². The fourth-order valence-electron chi connectivity index (χ4n) is 3.76. The van der Waals surface area contributed by atoms with Crippen LogP contribution < -0.4 is 4.74 Å². The minimum atomic E-state index is 0.832. The van der Waals surface area contributed by atoms with E-state index in [0.29, 0.717) is 0 Å². The number of methoxy groups -OCH3 is 1. The number of ether oxygens (including phenoxy) is 1. The average molecular weight is 359 g/mol. The first kappa shape index (κ1) is 17.7. The maximum absolute atomic E-state index is 5.56. The number of hydrogen-bond donors (Lipinski definition) is 0. The normalized spacial score (nSPS) is 14.4. The Bertz CT molecular complexity index is 921. The molecule has 138 valence electrons. The van der Waals surface area contributed by atoms with Gasteiger partial charge in [-0.1, -0.05) is 30.3 Å². The lowest BCUT2D eigenvalue weighted by Gasteiger charge is -2.21. The van der Waals surface area contributed by atoms with Crippen LogP contribution in [0.25, 0.3) is 11.3 Å². The Morgan fingerprint density at radius 1 is 1.00 bits per heavy atom. The van der Waals surface area contributed by atoms with Gasteiger partial charge in [-0.3, -0.25) is 4.90 Å². The fourth-order valence-corrected chi connectivity index (χ4v) is 3.76. The summed E-state index contributed by atoms with van der Waals surface area (Å²) in [6, 6.07) is 19.2. The Balaban J connectivity index is 1.59. The predicted octanol–water partition coefficient (Wildman–Crippen LogP) is 4.41. The molecule has 2 aromatic carbocycles. The number of aromatic nitrogens is 2. The highest BCUT2D eigenvalue weighted by Gasteiger charge is 2.16. The van der Waals surface area contributed by atoms with Gasteiger partial charge in [-0.2, -0.15) is 10.2 Å². The van der Waals surface area contributed by atoms with Crippen molar-refractivity contribution in [2.45, 2.75) is 32.9 Å². The van der Waals surface area contributed by atoms with Gasteiger partial charge in [0.1, 0.15) is 5.75 Å². The molecule has 4 rings (SSSR count). The van der Waals surface area contributed by atoms with Gasteiger partial charge < -0.3 is 4.74 Å². The molecular weight excluding hydrogens is 334 g/mol. The monoisotopic (exact) mass is 359 g/mol. The van der Waals surface area contributed by atoms with Crippen molar-refractivity contribution >= 4 is 0 Å². The number of aryl methyl sites for hydroxylation is 2. The van der Waals surface area contributed by atoms with Crippen molar-refractivity contribution in [3.05, 3.63) is 77.0 Å². The fraction of sp³-hybridized carbons (Fsp3) is 0.304. The van der Waals surface area contributed by atoms with Gasteiger partial charge in [-0.25, -0.2) is 0 Å². The Kier molecular flexibility index (Phi) is 5.16. The molecule has 0 fully saturated rings. The van der Waals surface area contributed by atoms with Crippen LogP contribution in [0.1, 0.15) is 28.8 Å². The van der Waals surface area contributed by atoms with Crippen molar-refractivity contribution in [1.82, 2.24) is 15.1 Å². The summed E-state index contributed by atoms with van der Waals surface area (Å²) in [6.45, 7) is 4.98. The molecule has 1 aliphatic heterocycles. The number of fused-ring (bicyclic) bond motifs is 1. The molecule has 0 radical (unpaired) electrons. The lowest BCUT2D eigenvalue weighted by Crippen LogP contribution is -2.22. The van der Waals surface area contributed by atoms with Crippen LogP contribution in [-0.2, 0) is 19.5 Å². The molecule has 0 amide bonds. The van der Waals surface area contributed by atoms with Gasteiger partial charge in [-0.15, -0.1) is 0 Å². The summed E-state index contributed by atoms with van der Waals surface area (Å²) in [5, 5.41) is 8.54. The van der Waals surface area contributed by atoms with E-state index in [1.807, 2.05) is 25.1 Å². The van der Waals surface area contributed by atoms with Crippen molar-refractivity contribution in [3.63, 3.8) is 0 Å². The second kappa shape index (κ2) is 7.89. The zero-order chi connectivity index (χ0) is 18.6. The molecule has 2 heterocycles. The van der Waals surface area contributed by atoms with Crippen LogP contribution in [0.2, 0.25) is 0 Å². The molecule has 0 spiro atoms. The Morgan fingerprint density at radius 2 is 1.85 bits per heavy atom. The Hall–Kier alpha value is -2.72. The molecule has 0 saturated heterocycles. The number of rotatable bonds is 4. The van der Waals surface area contributed by atoms with E-state index in [1.54, 1.807) is 7.11 Å². The van der Waals surface area contributed by atoms with Crippen molar-refractivity contribution in [3.8, 4) is 17.0 Å². The Morgan fingerprint density at radius 3 is 2.63 bits per heavy atom. The lowest BCUT2D eigenvalue weighted by molar-refractivity contribution is 0.261. The molecule has 0 atom stereocenters. The van der Waals surface area contributed by atoms with Crippen LogP contribution in [0, 0.1) is 6.92 Å². The minimum absolute atomic E-state index is 0.832. The summed E-state index contributed by atoms with van der Waals surface area (Å²) in [5.74, 6) is 0.832. The van der Waals surface area contributed by atoms with E-state index in [9.17, 15) is 0 Å². The zero-order valence-electron chi connectivity index (χ0n) is 16.0. The first-order valence-electron chi connectivity index (χ1n) is 9.49. The van der Waals surface area contributed by atoms with E-state index in [1.165, 1.54) is 29.5 Å². The maximum atomic E-state index is 5.56. The second-order valence-electron chi connectivity index (χ2n) is 7.18. The largest absolute Gasteiger partial charge is 0.496 e. The molecule has 1 aromatic heterocycles. The molecule has 0 aliphatic carbocycles. The van der Waals surface area contributed by atoms with Gasteiger partial charge in [-0.05, 0) is 67.3 Å². The highest BCUT2D eigenvalue weighted by Crippen LogP contribution is 2.30. The van der Waals surface area contributed by atoms with Crippen molar-refractivity contribution < 1.29 is 4.74 Å². The van der Waals surface area contributed by atoms with Crippen LogP contribution in [0.15, 0.2) is 54.6 Å². The maximum Gasteiger partial charge on any atom is 0.128 e. The topological polar surface area (TPSA) is 38.2 Å². The molecule has 0 unspecified atom stereocenters. The van der Waals surface area contributed by atoms with Gasteiger partial charge in [0, 0.05) is 18.7 Å². The summed E-state index contributed by atoms with van der Waals surface area (Å²) >= 11 is 0. The van der Waals surface area contributed by atoms with Crippen LogP contribution in [0.3, 0.4) is 0 Å². The molecule has 0 N–H and O–H groups in total. The summed E-state index contributed by atoms with van der Waals surface area (Å²) < 4.78 is 5.56. The smallest absolute Gasteiger partial charge is 0.128 e. The zero-order valence-corrected chi connectivity index (χ0v) is 16.0. The van der Waals surface area contributed by atoms with Crippen LogP contribution in [0.5, 0.6) is 5.75 Å². The summed E-state index contributed by atoms with van der Waals surface area (Å²) in [5.41, 5.74) is 6.97. The molecule has 0 saturated carbocycles. The van der Waals surface area contributed by atoms with E-state index in [4.69, 9.17) is 4.74 Å². The molecule has 27 heavy (non-hydrogen) atoms. The highest BCUT2D eigenvalue weighted by atomic mass is 16.5. The number of benzene rings is 2. The summed E-state index contributed by atoms with van der Waals surface area (Å²) in [4.78, 5) is 2.53. The third-order valence-electron chi connectivity index (χ3n) is 5.18. The minimum Gasteiger partial charge on any atom is -0.496 e. The van der Waals surface area contributed by atoms with Crippen molar-refractivity contribution in [2.75, 3.05) is 13.7 Å². The Labute approximate surface area is 160 Å². The van der Waals surface area contributed by atoms with Crippen LogP contribution >= 0.6 is 0 Å². The van der Waals surface area contributed by atoms with Crippen molar-refractivity contribution in [1.29, 1.82) is 0 Å².